The quantitative estimate of drug-likeness (QED) is 0.133. The molecule has 0 atom stereocenters. The first-order valence-corrected chi connectivity index (χ1v) is 16.5. The van der Waals surface area contributed by atoms with Crippen LogP contribution in [-0.4, -0.2) is 55.9 Å². The highest BCUT2D eigenvalue weighted by molar-refractivity contribution is 6.09. The summed E-state index contributed by atoms with van der Waals surface area (Å²) in [7, 11) is 10.2. The van der Waals surface area contributed by atoms with Crippen LogP contribution < -0.4 is 23.7 Å². The SMILES string of the molecule is COCCC1(CCOC)c2ccccc2-c2c1c1c(c3cc(OC)c(OC)cc23)OC(c2ccc(OC)cc2)(c2ccc(OC)cc2)C=C1. The van der Waals surface area contributed by atoms with E-state index in [4.69, 9.17) is 33.2 Å². The molecular formula is C42H42O7. The predicted octanol–water partition coefficient (Wildman–Crippen LogP) is 8.56. The predicted molar refractivity (Wildman–Crippen MR) is 193 cm³/mol. The lowest BCUT2D eigenvalue weighted by atomic mass is 9.70. The van der Waals surface area contributed by atoms with Crippen LogP contribution >= 0.6 is 0 Å². The fourth-order valence-corrected chi connectivity index (χ4v) is 7.85. The van der Waals surface area contributed by atoms with E-state index in [1.54, 1.807) is 42.7 Å². The molecule has 5 aromatic carbocycles. The molecule has 7 heteroatoms. The molecule has 0 radical (unpaired) electrons. The zero-order chi connectivity index (χ0) is 34.2. The van der Waals surface area contributed by atoms with Crippen molar-refractivity contribution in [3.63, 3.8) is 0 Å². The maximum Gasteiger partial charge on any atom is 0.178 e. The molecule has 0 saturated carbocycles. The zero-order valence-corrected chi connectivity index (χ0v) is 28.9. The first-order valence-electron chi connectivity index (χ1n) is 16.5. The molecule has 7 rings (SSSR count). The minimum Gasteiger partial charge on any atom is -0.497 e. The number of rotatable bonds is 12. The molecule has 0 saturated heterocycles. The highest BCUT2D eigenvalue weighted by Gasteiger charge is 2.48. The Morgan fingerprint density at radius 1 is 0.612 bits per heavy atom. The molecule has 0 N–H and O–H groups in total. The number of fused-ring (bicyclic) bond motifs is 8. The summed E-state index contributed by atoms with van der Waals surface area (Å²) in [5.74, 6) is 3.60. The van der Waals surface area contributed by atoms with Gasteiger partial charge in [-0.05, 0) is 83.0 Å². The van der Waals surface area contributed by atoms with Crippen LogP contribution in [0.15, 0.2) is 91.0 Å². The maximum atomic E-state index is 7.52. The van der Waals surface area contributed by atoms with Gasteiger partial charge in [0.15, 0.2) is 17.1 Å². The first kappa shape index (κ1) is 32.6. The standard InChI is InChI=1S/C42H42O7/c1-43-23-21-41(22-24-44-2)35-10-8-7-9-31(35)38-33-25-36(47-5)37(48-6)26-34(33)40-32(39(38)41)19-20-42(49-40,27-11-15-29(45-3)16-12-27)28-13-17-30(46-4)18-14-28/h7-20,25-26H,21-24H2,1-6H3. The van der Waals surface area contributed by atoms with Gasteiger partial charge in [0.25, 0.3) is 0 Å². The van der Waals surface area contributed by atoms with Gasteiger partial charge >= 0.3 is 0 Å². The molecular weight excluding hydrogens is 616 g/mol. The van der Waals surface area contributed by atoms with E-state index in [9.17, 15) is 0 Å². The molecule has 5 aromatic rings. The van der Waals surface area contributed by atoms with E-state index in [0.717, 1.165) is 57.6 Å². The molecule has 0 fully saturated rings. The molecule has 0 aromatic heterocycles. The molecule has 0 bridgehead atoms. The molecule has 1 aliphatic heterocycles. The Labute approximate surface area is 287 Å². The highest BCUT2D eigenvalue weighted by Crippen LogP contribution is 2.61. The molecule has 0 spiro atoms. The molecule has 252 valence electrons. The summed E-state index contributed by atoms with van der Waals surface area (Å²) in [6, 6.07) is 29.0. The van der Waals surface area contributed by atoms with E-state index >= 15 is 0 Å². The third kappa shape index (κ3) is 5.11. The summed E-state index contributed by atoms with van der Waals surface area (Å²) in [6.45, 7) is 1.17. The minimum atomic E-state index is -0.965. The maximum absolute atomic E-state index is 7.52. The summed E-state index contributed by atoms with van der Waals surface area (Å²) in [5, 5.41) is 1.97. The van der Waals surface area contributed by atoms with E-state index in [-0.39, 0.29) is 0 Å². The van der Waals surface area contributed by atoms with Crippen LogP contribution in [0.3, 0.4) is 0 Å². The third-order valence-electron chi connectivity index (χ3n) is 10.2. The third-order valence-corrected chi connectivity index (χ3v) is 10.2. The van der Waals surface area contributed by atoms with Crippen LogP contribution in [0.2, 0.25) is 0 Å². The van der Waals surface area contributed by atoms with Crippen LogP contribution in [0.5, 0.6) is 28.7 Å². The van der Waals surface area contributed by atoms with E-state index in [1.807, 2.05) is 30.3 Å². The average molecular weight is 659 g/mol. The number of ether oxygens (including phenoxy) is 7. The number of hydrogen-bond donors (Lipinski definition) is 0. The van der Waals surface area contributed by atoms with Crippen molar-refractivity contribution < 1.29 is 33.2 Å². The second kappa shape index (κ2) is 13.1. The summed E-state index contributed by atoms with van der Waals surface area (Å²) >= 11 is 0. The van der Waals surface area contributed by atoms with E-state index in [0.29, 0.717) is 24.7 Å². The first-order chi connectivity index (χ1) is 24.0. The fraction of sp³-hybridized carbons (Fsp3) is 0.286. The van der Waals surface area contributed by atoms with Crippen LogP contribution in [0.25, 0.3) is 28.0 Å². The zero-order valence-electron chi connectivity index (χ0n) is 28.9. The monoisotopic (exact) mass is 658 g/mol. The molecule has 49 heavy (non-hydrogen) atoms. The van der Waals surface area contributed by atoms with Crippen molar-refractivity contribution in [1.29, 1.82) is 0 Å². The minimum absolute atomic E-state index is 0.392. The van der Waals surface area contributed by atoms with Gasteiger partial charge < -0.3 is 33.2 Å². The topological polar surface area (TPSA) is 64.6 Å². The average Bonchev–Trinajstić information content (AvgIpc) is 3.45. The van der Waals surface area contributed by atoms with Crippen LogP contribution in [-0.2, 0) is 20.5 Å². The van der Waals surface area contributed by atoms with Gasteiger partial charge in [-0.3, -0.25) is 0 Å². The number of benzene rings is 5. The van der Waals surface area contributed by atoms with Crippen LogP contribution in [0, 0.1) is 0 Å². The Morgan fingerprint density at radius 3 is 1.69 bits per heavy atom. The van der Waals surface area contributed by atoms with Gasteiger partial charge in [-0.2, -0.15) is 0 Å². The van der Waals surface area contributed by atoms with E-state index < -0.39 is 11.0 Å². The molecule has 1 aliphatic carbocycles. The van der Waals surface area contributed by atoms with Crippen molar-refractivity contribution in [1.82, 2.24) is 0 Å². The van der Waals surface area contributed by atoms with Crippen molar-refractivity contribution in [3.05, 3.63) is 119 Å². The summed E-state index contributed by atoms with van der Waals surface area (Å²) < 4.78 is 41.9. The second-order valence-corrected chi connectivity index (χ2v) is 12.5. The lowest BCUT2D eigenvalue weighted by Gasteiger charge is -2.40. The Kier molecular flexibility index (Phi) is 8.73. The summed E-state index contributed by atoms with van der Waals surface area (Å²) in [5.41, 5.74) is 6.45. The summed E-state index contributed by atoms with van der Waals surface area (Å²) in [4.78, 5) is 0. The van der Waals surface area contributed by atoms with Crippen molar-refractivity contribution in [3.8, 4) is 39.9 Å². The van der Waals surface area contributed by atoms with Gasteiger partial charge in [-0.1, -0.05) is 54.6 Å². The Bertz CT molecular complexity index is 1960. The second-order valence-electron chi connectivity index (χ2n) is 12.5. The van der Waals surface area contributed by atoms with Crippen molar-refractivity contribution >= 4 is 16.8 Å². The largest absolute Gasteiger partial charge is 0.497 e. The normalized spacial score (nSPS) is 14.8. The summed E-state index contributed by atoms with van der Waals surface area (Å²) in [6.07, 6.45) is 5.99. The Morgan fingerprint density at radius 2 is 1.16 bits per heavy atom. The van der Waals surface area contributed by atoms with Gasteiger partial charge in [0.2, 0.25) is 0 Å². The fourth-order valence-electron chi connectivity index (χ4n) is 7.85. The number of methoxy groups -OCH3 is 6. The van der Waals surface area contributed by atoms with E-state index in [1.165, 1.54) is 22.3 Å². The van der Waals surface area contributed by atoms with E-state index in [2.05, 4.69) is 66.7 Å². The van der Waals surface area contributed by atoms with Gasteiger partial charge in [-0.25, -0.2) is 0 Å². The van der Waals surface area contributed by atoms with Crippen molar-refractivity contribution in [2.45, 2.75) is 23.9 Å². The van der Waals surface area contributed by atoms with Gasteiger partial charge in [0.1, 0.15) is 17.2 Å². The van der Waals surface area contributed by atoms with Crippen LogP contribution in [0.4, 0.5) is 0 Å². The van der Waals surface area contributed by atoms with Crippen molar-refractivity contribution in [2.24, 2.45) is 0 Å². The molecule has 2 aliphatic rings. The van der Waals surface area contributed by atoms with Crippen LogP contribution in [0.1, 0.15) is 40.7 Å². The lowest BCUT2D eigenvalue weighted by Crippen LogP contribution is -2.36. The van der Waals surface area contributed by atoms with Gasteiger partial charge in [-0.15, -0.1) is 0 Å². The van der Waals surface area contributed by atoms with Gasteiger partial charge in [0, 0.05) is 54.9 Å². The highest BCUT2D eigenvalue weighted by atomic mass is 16.5. The lowest BCUT2D eigenvalue weighted by molar-refractivity contribution is 0.143. The Balaban J connectivity index is 1.59. The van der Waals surface area contributed by atoms with Gasteiger partial charge in [0.05, 0.1) is 28.4 Å². The number of hydrogen-bond acceptors (Lipinski definition) is 7. The Hall–Kier alpha value is -4.98. The molecule has 1 heterocycles. The molecule has 0 unspecified atom stereocenters. The molecule has 0 amide bonds. The van der Waals surface area contributed by atoms with Crippen molar-refractivity contribution in [2.75, 3.05) is 55.9 Å². The smallest absolute Gasteiger partial charge is 0.178 e. The molecule has 7 nitrogen and oxygen atoms in total.